The summed E-state index contributed by atoms with van der Waals surface area (Å²) in [5.74, 6) is 0.850. The summed E-state index contributed by atoms with van der Waals surface area (Å²) in [7, 11) is -1.71. The van der Waals surface area contributed by atoms with Crippen LogP contribution in [0.3, 0.4) is 0 Å². The van der Waals surface area contributed by atoms with Gasteiger partial charge in [-0.05, 0) is 79.8 Å². The monoisotopic (exact) mass is 500 g/mol. The first-order valence-corrected chi connectivity index (χ1v) is 14.2. The average molecular weight is 501 g/mol. The van der Waals surface area contributed by atoms with Crippen molar-refractivity contribution in [2.24, 2.45) is 5.92 Å². The van der Waals surface area contributed by atoms with Gasteiger partial charge < -0.3 is 10.1 Å². The molecule has 1 fully saturated rings. The lowest BCUT2D eigenvalue weighted by Crippen LogP contribution is -2.46. The van der Waals surface area contributed by atoms with Gasteiger partial charge in [0.25, 0.3) is 0 Å². The fourth-order valence-corrected chi connectivity index (χ4v) is 6.44. The number of benzene rings is 2. The molecule has 7 heteroatoms. The minimum absolute atomic E-state index is 0.0806. The molecule has 0 aromatic heterocycles. The van der Waals surface area contributed by atoms with Crippen molar-refractivity contribution in [3.63, 3.8) is 0 Å². The third-order valence-electron chi connectivity index (χ3n) is 6.92. The number of nitrogens with zero attached hydrogens (tertiary/aromatic N) is 1. The van der Waals surface area contributed by atoms with Crippen LogP contribution in [0.4, 0.5) is 0 Å². The molecule has 1 aliphatic heterocycles. The van der Waals surface area contributed by atoms with Crippen LogP contribution in [-0.2, 0) is 21.2 Å². The Labute approximate surface area is 211 Å². The second-order valence-electron chi connectivity index (χ2n) is 9.94. The summed E-state index contributed by atoms with van der Waals surface area (Å²) in [5.41, 5.74) is 4.37. The summed E-state index contributed by atoms with van der Waals surface area (Å²) >= 11 is 0. The first-order chi connectivity index (χ1) is 16.6. The van der Waals surface area contributed by atoms with Crippen LogP contribution >= 0.6 is 0 Å². The van der Waals surface area contributed by atoms with E-state index in [9.17, 15) is 13.2 Å². The number of sulfonamides is 1. The largest absolute Gasteiger partial charge is 0.496 e. The molecule has 1 aliphatic rings. The molecule has 0 spiro atoms. The lowest BCUT2D eigenvalue weighted by molar-refractivity contribution is -0.126. The van der Waals surface area contributed by atoms with Crippen molar-refractivity contribution >= 4 is 15.9 Å². The molecule has 0 saturated carbocycles. The van der Waals surface area contributed by atoms with Crippen molar-refractivity contribution < 1.29 is 17.9 Å². The van der Waals surface area contributed by atoms with Crippen LogP contribution in [0.2, 0.25) is 0 Å². The number of hydrogen-bond acceptors (Lipinski definition) is 4. The number of piperidine rings is 1. The lowest BCUT2D eigenvalue weighted by Gasteiger charge is -2.32. The number of methoxy groups -OCH3 is 1. The highest BCUT2D eigenvalue weighted by Gasteiger charge is 2.32. The standard InChI is InChI=1S/C28H40N2O4S/c1-20(2)25-18-26(21(3)17-27(25)34-5)22(4)29-28(31)24-14-9-15-30(19-24)35(32,33)16-10-13-23-11-7-6-8-12-23/h6-8,11-12,17-18,20,22,24H,9-10,13-16,19H2,1-5H3,(H,29,31)/t22-,24+/m1/s1. The maximum absolute atomic E-state index is 13.1. The number of hydrogen-bond donors (Lipinski definition) is 1. The molecule has 1 heterocycles. The van der Waals surface area contributed by atoms with E-state index in [2.05, 4.69) is 25.2 Å². The second kappa shape index (κ2) is 12.0. The van der Waals surface area contributed by atoms with Gasteiger partial charge in [0, 0.05) is 13.1 Å². The highest BCUT2D eigenvalue weighted by atomic mass is 32.2. The predicted octanol–water partition coefficient (Wildman–Crippen LogP) is 4.98. The lowest BCUT2D eigenvalue weighted by atomic mass is 9.92. The summed E-state index contributed by atoms with van der Waals surface area (Å²) in [4.78, 5) is 13.1. The number of rotatable bonds is 10. The first-order valence-electron chi connectivity index (χ1n) is 12.6. The van der Waals surface area contributed by atoms with Crippen molar-refractivity contribution in [3.8, 4) is 5.75 Å². The highest BCUT2D eigenvalue weighted by Crippen LogP contribution is 2.32. The molecule has 0 aliphatic carbocycles. The Morgan fingerprint density at radius 2 is 1.86 bits per heavy atom. The average Bonchev–Trinajstić information content (AvgIpc) is 2.84. The Morgan fingerprint density at radius 1 is 1.14 bits per heavy atom. The van der Waals surface area contributed by atoms with Gasteiger partial charge in [-0.3, -0.25) is 4.79 Å². The van der Waals surface area contributed by atoms with Crippen LogP contribution in [0.5, 0.6) is 5.75 Å². The maximum Gasteiger partial charge on any atom is 0.224 e. The van der Waals surface area contributed by atoms with Gasteiger partial charge in [-0.25, -0.2) is 12.7 Å². The van der Waals surface area contributed by atoms with E-state index in [1.807, 2.05) is 50.2 Å². The molecule has 2 aromatic rings. The molecule has 0 bridgehead atoms. The number of ether oxygens (including phenoxy) is 1. The van der Waals surface area contributed by atoms with Crippen molar-refractivity contribution in [2.75, 3.05) is 26.0 Å². The Morgan fingerprint density at radius 3 is 2.51 bits per heavy atom. The molecular formula is C28H40N2O4S. The molecule has 2 atom stereocenters. The summed E-state index contributed by atoms with van der Waals surface area (Å²) < 4.78 is 33.0. The van der Waals surface area contributed by atoms with E-state index < -0.39 is 10.0 Å². The Bertz CT molecular complexity index is 1100. The van der Waals surface area contributed by atoms with E-state index >= 15 is 0 Å². The molecule has 6 nitrogen and oxygen atoms in total. The van der Waals surface area contributed by atoms with Gasteiger partial charge >= 0.3 is 0 Å². The van der Waals surface area contributed by atoms with E-state index in [1.165, 1.54) is 4.31 Å². The van der Waals surface area contributed by atoms with Crippen LogP contribution in [0.25, 0.3) is 0 Å². The molecule has 0 radical (unpaired) electrons. The van der Waals surface area contributed by atoms with Crippen LogP contribution < -0.4 is 10.1 Å². The van der Waals surface area contributed by atoms with Gasteiger partial charge in [0.15, 0.2) is 0 Å². The number of aryl methyl sites for hydroxylation is 2. The smallest absolute Gasteiger partial charge is 0.224 e. The topological polar surface area (TPSA) is 75.7 Å². The molecule has 2 aromatic carbocycles. The van der Waals surface area contributed by atoms with E-state index in [0.29, 0.717) is 31.7 Å². The summed E-state index contributed by atoms with van der Waals surface area (Å²) in [6, 6.07) is 13.9. The molecule has 192 valence electrons. The molecule has 1 saturated heterocycles. The maximum atomic E-state index is 13.1. The van der Waals surface area contributed by atoms with Crippen LogP contribution in [0.15, 0.2) is 42.5 Å². The van der Waals surface area contributed by atoms with Crippen LogP contribution in [0, 0.1) is 12.8 Å². The predicted molar refractivity (Wildman–Crippen MR) is 141 cm³/mol. The molecule has 1 N–H and O–H groups in total. The van der Waals surface area contributed by atoms with Crippen molar-refractivity contribution in [1.29, 1.82) is 0 Å². The van der Waals surface area contributed by atoms with Gasteiger partial charge in [-0.2, -0.15) is 0 Å². The Hall–Kier alpha value is -2.38. The highest BCUT2D eigenvalue weighted by molar-refractivity contribution is 7.89. The normalized spacial score (nSPS) is 17.8. The molecular weight excluding hydrogens is 460 g/mol. The summed E-state index contributed by atoms with van der Waals surface area (Å²) in [6.45, 7) is 8.99. The van der Waals surface area contributed by atoms with E-state index in [-0.39, 0.29) is 30.2 Å². The zero-order valence-corrected chi connectivity index (χ0v) is 22.5. The van der Waals surface area contributed by atoms with Crippen LogP contribution in [-0.4, -0.2) is 44.6 Å². The van der Waals surface area contributed by atoms with Gasteiger partial charge in [-0.15, -0.1) is 0 Å². The zero-order chi connectivity index (χ0) is 25.6. The van der Waals surface area contributed by atoms with Crippen molar-refractivity contribution in [3.05, 3.63) is 64.7 Å². The number of nitrogens with one attached hydrogen (secondary N) is 1. The number of carbonyl (C=O) groups excluding carboxylic acids is 1. The van der Waals surface area contributed by atoms with Crippen molar-refractivity contribution in [1.82, 2.24) is 9.62 Å². The summed E-state index contributed by atoms with van der Waals surface area (Å²) in [5, 5.41) is 3.15. The minimum atomic E-state index is -3.39. The third-order valence-corrected chi connectivity index (χ3v) is 8.85. The molecule has 1 amide bonds. The van der Waals surface area contributed by atoms with Crippen molar-refractivity contribution in [2.45, 2.75) is 65.3 Å². The SMILES string of the molecule is COc1cc(C)c([C@@H](C)NC(=O)[C@H]2CCCN(S(=O)(=O)CCCc3ccccc3)C2)cc1C(C)C. The van der Waals surface area contributed by atoms with Crippen LogP contribution in [0.1, 0.15) is 74.2 Å². The summed E-state index contributed by atoms with van der Waals surface area (Å²) in [6.07, 6.45) is 2.71. The zero-order valence-electron chi connectivity index (χ0n) is 21.7. The first kappa shape index (κ1) is 27.2. The molecule has 3 rings (SSSR count). The fraction of sp³-hybridized carbons (Fsp3) is 0.536. The van der Waals surface area contributed by atoms with Gasteiger partial charge in [0.1, 0.15) is 5.75 Å². The second-order valence-corrected chi connectivity index (χ2v) is 12.0. The number of amides is 1. The van der Waals surface area contributed by atoms with E-state index in [1.54, 1.807) is 7.11 Å². The van der Waals surface area contributed by atoms with E-state index in [4.69, 9.17) is 4.74 Å². The van der Waals surface area contributed by atoms with E-state index in [0.717, 1.165) is 34.4 Å². The molecule has 35 heavy (non-hydrogen) atoms. The Balaban J connectivity index is 1.61. The van der Waals surface area contributed by atoms with Gasteiger partial charge in [-0.1, -0.05) is 44.2 Å². The molecule has 0 unspecified atom stereocenters. The fourth-order valence-electron chi connectivity index (χ4n) is 4.86. The third kappa shape index (κ3) is 7.07. The van der Waals surface area contributed by atoms with Gasteiger partial charge in [0.2, 0.25) is 15.9 Å². The number of carbonyl (C=O) groups is 1. The van der Waals surface area contributed by atoms with Gasteiger partial charge in [0.05, 0.1) is 24.8 Å². The minimum Gasteiger partial charge on any atom is -0.496 e. The Kier molecular flexibility index (Phi) is 9.36. The quantitative estimate of drug-likeness (QED) is 0.499.